The second kappa shape index (κ2) is 5.48. The molecule has 0 aliphatic heterocycles. The molecule has 0 aliphatic rings. The Morgan fingerprint density at radius 3 is 2.36 bits per heavy atom. The van der Waals surface area contributed by atoms with Crippen molar-refractivity contribution >= 4 is 16.7 Å². The highest BCUT2D eigenvalue weighted by Gasteiger charge is 2.19. The number of aromatic nitrogens is 1. The number of aromatic carboxylic acids is 1. The van der Waals surface area contributed by atoms with E-state index < -0.39 is 5.97 Å². The molecule has 1 unspecified atom stereocenters. The minimum atomic E-state index is -1.11. The van der Waals surface area contributed by atoms with Crippen LogP contribution in [-0.2, 0) is 0 Å². The van der Waals surface area contributed by atoms with E-state index in [0.29, 0.717) is 10.8 Å². The summed E-state index contributed by atoms with van der Waals surface area (Å²) < 4.78 is 1.35. The third-order valence-corrected chi connectivity index (χ3v) is 3.85. The molecule has 1 heterocycles. The zero-order valence-electron chi connectivity index (χ0n) is 12.1. The van der Waals surface area contributed by atoms with E-state index in [1.54, 1.807) is 30.3 Å². The Morgan fingerprint density at radius 1 is 1.05 bits per heavy atom. The minimum Gasteiger partial charge on any atom is -0.477 e. The van der Waals surface area contributed by atoms with Crippen LogP contribution in [-0.4, -0.2) is 15.6 Å². The summed E-state index contributed by atoms with van der Waals surface area (Å²) >= 11 is 0. The van der Waals surface area contributed by atoms with Gasteiger partial charge in [0.05, 0.1) is 6.04 Å². The Bertz CT molecular complexity index is 897. The molecule has 0 saturated heterocycles. The summed E-state index contributed by atoms with van der Waals surface area (Å²) in [7, 11) is 0. The van der Waals surface area contributed by atoms with Crippen molar-refractivity contribution < 1.29 is 9.90 Å². The number of nitrogens with zero attached hydrogens (tertiary/aromatic N) is 1. The summed E-state index contributed by atoms with van der Waals surface area (Å²) in [6.07, 6.45) is 0. The van der Waals surface area contributed by atoms with Crippen LogP contribution in [0.15, 0.2) is 65.5 Å². The van der Waals surface area contributed by atoms with Gasteiger partial charge in [-0.3, -0.25) is 9.36 Å². The predicted octanol–water partition coefficient (Wildman–Crippen LogP) is 3.31. The standard InChI is InChI=1S/C18H15NO3/c1-12(13-7-3-2-4-8-13)19-16(18(21)22)11-14-9-5-6-10-15(14)17(19)20/h2-12H,1H3,(H,21,22). The second-order valence-corrected chi connectivity index (χ2v) is 5.18. The van der Waals surface area contributed by atoms with E-state index in [9.17, 15) is 14.7 Å². The summed E-state index contributed by atoms with van der Waals surface area (Å²) in [5.41, 5.74) is 0.606. The molecule has 22 heavy (non-hydrogen) atoms. The van der Waals surface area contributed by atoms with E-state index in [-0.39, 0.29) is 17.3 Å². The third-order valence-electron chi connectivity index (χ3n) is 3.85. The van der Waals surface area contributed by atoms with Crippen molar-refractivity contribution in [3.8, 4) is 0 Å². The van der Waals surface area contributed by atoms with E-state index in [1.807, 2.05) is 37.3 Å². The molecule has 3 aromatic rings. The monoisotopic (exact) mass is 293 g/mol. The van der Waals surface area contributed by atoms with Gasteiger partial charge in [-0.15, -0.1) is 0 Å². The topological polar surface area (TPSA) is 59.3 Å². The largest absolute Gasteiger partial charge is 0.477 e. The van der Waals surface area contributed by atoms with Gasteiger partial charge < -0.3 is 5.11 Å². The zero-order chi connectivity index (χ0) is 15.7. The number of carboxylic acids is 1. The fraction of sp³-hybridized carbons (Fsp3) is 0.111. The molecule has 4 heteroatoms. The summed E-state index contributed by atoms with van der Waals surface area (Å²) in [5, 5.41) is 10.6. The van der Waals surface area contributed by atoms with Crippen LogP contribution in [0.5, 0.6) is 0 Å². The fourth-order valence-corrected chi connectivity index (χ4v) is 2.70. The van der Waals surface area contributed by atoms with Crippen LogP contribution < -0.4 is 5.56 Å². The Balaban J connectivity index is 2.32. The van der Waals surface area contributed by atoms with Gasteiger partial charge in [0.15, 0.2) is 0 Å². The highest BCUT2D eigenvalue weighted by molar-refractivity contribution is 5.92. The van der Waals surface area contributed by atoms with Crippen molar-refractivity contribution in [1.82, 2.24) is 4.57 Å². The molecule has 0 bridgehead atoms. The number of rotatable bonds is 3. The Hall–Kier alpha value is -2.88. The highest BCUT2D eigenvalue weighted by atomic mass is 16.4. The maximum Gasteiger partial charge on any atom is 0.352 e. The molecular weight excluding hydrogens is 278 g/mol. The van der Waals surface area contributed by atoms with Gasteiger partial charge in [-0.05, 0) is 30.0 Å². The summed E-state index contributed by atoms with van der Waals surface area (Å²) in [4.78, 5) is 24.4. The molecule has 0 amide bonds. The Kier molecular flexibility index (Phi) is 3.51. The first kappa shape index (κ1) is 14.1. The van der Waals surface area contributed by atoms with Gasteiger partial charge in [0.25, 0.3) is 5.56 Å². The van der Waals surface area contributed by atoms with Gasteiger partial charge in [0.1, 0.15) is 5.69 Å². The SMILES string of the molecule is CC(c1ccccc1)n1c(C(=O)O)cc2ccccc2c1=O. The lowest BCUT2D eigenvalue weighted by atomic mass is 10.1. The first-order chi connectivity index (χ1) is 10.6. The summed E-state index contributed by atoms with van der Waals surface area (Å²) in [5.74, 6) is -1.11. The lowest BCUT2D eigenvalue weighted by molar-refractivity contribution is 0.0682. The Labute approximate surface area is 127 Å². The van der Waals surface area contributed by atoms with E-state index >= 15 is 0 Å². The molecule has 0 spiro atoms. The van der Waals surface area contributed by atoms with Gasteiger partial charge in [-0.25, -0.2) is 4.79 Å². The molecule has 110 valence electrons. The summed E-state index contributed by atoms with van der Waals surface area (Å²) in [6, 6.07) is 17.6. The third kappa shape index (κ3) is 2.29. The van der Waals surface area contributed by atoms with E-state index in [1.165, 1.54) is 4.57 Å². The minimum absolute atomic E-state index is 0.0000491. The molecule has 4 nitrogen and oxygen atoms in total. The number of benzene rings is 2. The van der Waals surface area contributed by atoms with Crippen LogP contribution >= 0.6 is 0 Å². The van der Waals surface area contributed by atoms with Crippen LogP contribution in [0.3, 0.4) is 0 Å². The lowest BCUT2D eigenvalue weighted by Gasteiger charge is -2.19. The maximum atomic E-state index is 12.8. The van der Waals surface area contributed by atoms with Crippen molar-refractivity contribution in [2.24, 2.45) is 0 Å². The molecule has 0 fully saturated rings. The van der Waals surface area contributed by atoms with Gasteiger partial charge in [-0.1, -0.05) is 48.5 Å². The van der Waals surface area contributed by atoms with Crippen molar-refractivity contribution in [1.29, 1.82) is 0 Å². The average molecular weight is 293 g/mol. The van der Waals surface area contributed by atoms with Crippen molar-refractivity contribution in [3.05, 3.63) is 82.3 Å². The van der Waals surface area contributed by atoms with Crippen molar-refractivity contribution in [2.45, 2.75) is 13.0 Å². The van der Waals surface area contributed by atoms with Crippen LogP contribution in [0.2, 0.25) is 0 Å². The molecule has 1 atom stereocenters. The number of fused-ring (bicyclic) bond motifs is 1. The number of pyridine rings is 1. The number of carbonyl (C=O) groups is 1. The number of hydrogen-bond donors (Lipinski definition) is 1. The molecule has 0 radical (unpaired) electrons. The van der Waals surface area contributed by atoms with Gasteiger partial charge >= 0.3 is 5.97 Å². The van der Waals surface area contributed by atoms with E-state index in [2.05, 4.69) is 0 Å². The number of hydrogen-bond acceptors (Lipinski definition) is 2. The number of carboxylic acid groups (broad SMARTS) is 1. The fourth-order valence-electron chi connectivity index (χ4n) is 2.70. The Morgan fingerprint density at radius 2 is 1.68 bits per heavy atom. The molecule has 0 saturated carbocycles. The highest BCUT2D eigenvalue weighted by Crippen LogP contribution is 2.20. The van der Waals surface area contributed by atoms with E-state index in [0.717, 1.165) is 5.56 Å². The first-order valence-corrected chi connectivity index (χ1v) is 7.02. The molecule has 2 aromatic carbocycles. The van der Waals surface area contributed by atoms with Gasteiger partial charge in [0, 0.05) is 5.39 Å². The first-order valence-electron chi connectivity index (χ1n) is 7.02. The zero-order valence-corrected chi connectivity index (χ0v) is 12.1. The summed E-state index contributed by atoms with van der Waals surface area (Å²) in [6.45, 7) is 1.83. The average Bonchev–Trinajstić information content (AvgIpc) is 2.55. The molecule has 1 aromatic heterocycles. The van der Waals surface area contributed by atoms with Crippen LogP contribution in [0.4, 0.5) is 0 Å². The lowest BCUT2D eigenvalue weighted by Crippen LogP contribution is -2.29. The van der Waals surface area contributed by atoms with Gasteiger partial charge in [0.2, 0.25) is 0 Å². The van der Waals surface area contributed by atoms with E-state index in [4.69, 9.17) is 0 Å². The van der Waals surface area contributed by atoms with Crippen LogP contribution in [0.1, 0.15) is 29.0 Å². The smallest absolute Gasteiger partial charge is 0.352 e. The molecule has 3 rings (SSSR count). The maximum absolute atomic E-state index is 12.8. The van der Waals surface area contributed by atoms with Crippen molar-refractivity contribution in [3.63, 3.8) is 0 Å². The molecular formula is C18H15NO3. The normalized spacial score (nSPS) is 12.2. The van der Waals surface area contributed by atoms with Crippen LogP contribution in [0.25, 0.3) is 10.8 Å². The predicted molar refractivity (Wildman–Crippen MR) is 85.4 cm³/mol. The second-order valence-electron chi connectivity index (χ2n) is 5.18. The quantitative estimate of drug-likeness (QED) is 0.806. The molecule has 1 N–H and O–H groups in total. The van der Waals surface area contributed by atoms with Crippen molar-refractivity contribution in [2.75, 3.05) is 0 Å². The van der Waals surface area contributed by atoms with Crippen LogP contribution in [0, 0.1) is 0 Å². The molecule has 0 aliphatic carbocycles. The van der Waals surface area contributed by atoms with Gasteiger partial charge in [-0.2, -0.15) is 0 Å².